The number of aliphatic hydroxyl groups is 1. The van der Waals surface area contributed by atoms with Gasteiger partial charge in [0.2, 0.25) is 0 Å². The number of thiazole rings is 1. The standard InChI is InChI=1S/C16H27NOS/c1-3-4-5-14-6-8-16(12-18,9-7-14)10-15-17-13(2)11-19-15/h11,14,18H,3-10,12H2,1-2H3. The number of unbranched alkanes of at least 4 members (excludes halogenated alkanes) is 1. The number of nitrogens with zero attached hydrogens (tertiary/aromatic N) is 1. The van der Waals surface area contributed by atoms with Crippen LogP contribution in [0.5, 0.6) is 0 Å². The number of hydrogen-bond donors (Lipinski definition) is 1. The lowest BCUT2D eigenvalue weighted by Crippen LogP contribution is -2.33. The van der Waals surface area contributed by atoms with Crippen molar-refractivity contribution in [2.45, 2.75) is 65.2 Å². The summed E-state index contributed by atoms with van der Waals surface area (Å²) in [6.45, 7) is 4.64. The highest BCUT2D eigenvalue weighted by atomic mass is 32.1. The smallest absolute Gasteiger partial charge is 0.0934 e. The van der Waals surface area contributed by atoms with Gasteiger partial charge in [0.05, 0.1) is 5.01 Å². The van der Waals surface area contributed by atoms with E-state index in [1.807, 2.05) is 6.92 Å². The summed E-state index contributed by atoms with van der Waals surface area (Å²) in [4.78, 5) is 4.57. The van der Waals surface area contributed by atoms with Gasteiger partial charge in [-0.15, -0.1) is 11.3 Å². The van der Waals surface area contributed by atoms with Crippen molar-refractivity contribution < 1.29 is 5.11 Å². The molecule has 0 atom stereocenters. The Morgan fingerprint density at radius 2 is 2.16 bits per heavy atom. The molecular formula is C16H27NOS. The van der Waals surface area contributed by atoms with Gasteiger partial charge in [-0.05, 0) is 43.9 Å². The Morgan fingerprint density at radius 1 is 1.42 bits per heavy atom. The maximum Gasteiger partial charge on any atom is 0.0934 e. The topological polar surface area (TPSA) is 33.1 Å². The molecule has 0 spiro atoms. The molecule has 1 aliphatic carbocycles. The average Bonchev–Trinajstić information content (AvgIpc) is 2.83. The molecule has 1 aliphatic rings. The summed E-state index contributed by atoms with van der Waals surface area (Å²) in [6.07, 6.45) is 9.97. The van der Waals surface area contributed by atoms with E-state index in [9.17, 15) is 5.11 Å². The second-order valence-corrected chi connectivity index (χ2v) is 7.25. The van der Waals surface area contributed by atoms with E-state index in [1.165, 1.54) is 50.0 Å². The van der Waals surface area contributed by atoms with Crippen LogP contribution in [0, 0.1) is 18.3 Å². The molecule has 1 saturated carbocycles. The molecule has 108 valence electrons. The van der Waals surface area contributed by atoms with E-state index in [4.69, 9.17) is 0 Å². The zero-order chi connectivity index (χ0) is 13.7. The van der Waals surface area contributed by atoms with Crippen LogP contribution in [0.15, 0.2) is 5.38 Å². The van der Waals surface area contributed by atoms with E-state index in [-0.39, 0.29) is 5.41 Å². The quantitative estimate of drug-likeness (QED) is 0.840. The van der Waals surface area contributed by atoms with Crippen LogP contribution in [0.1, 0.15) is 62.6 Å². The van der Waals surface area contributed by atoms with Crippen molar-refractivity contribution in [3.05, 3.63) is 16.1 Å². The van der Waals surface area contributed by atoms with Crippen LogP contribution < -0.4 is 0 Å². The molecule has 1 fully saturated rings. The monoisotopic (exact) mass is 281 g/mol. The fraction of sp³-hybridized carbons (Fsp3) is 0.812. The van der Waals surface area contributed by atoms with Gasteiger partial charge in [0.25, 0.3) is 0 Å². The first-order valence-corrected chi connectivity index (χ1v) is 8.57. The van der Waals surface area contributed by atoms with Crippen molar-refractivity contribution in [2.75, 3.05) is 6.61 Å². The van der Waals surface area contributed by atoms with Crippen molar-refractivity contribution in [1.82, 2.24) is 4.98 Å². The third-order valence-electron chi connectivity index (χ3n) is 4.66. The van der Waals surface area contributed by atoms with E-state index in [0.29, 0.717) is 6.61 Å². The molecular weight excluding hydrogens is 254 g/mol. The van der Waals surface area contributed by atoms with Gasteiger partial charge in [-0.1, -0.05) is 26.2 Å². The molecule has 1 heterocycles. The molecule has 2 rings (SSSR count). The molecule has 1 aromatic rings. The van der Waals surface area contributed by atoms with Gasteiger partial charge in [0, 0.05) is 24.1 Å². The zero-order valence-electron chi connectivity index (χ0n) is 12.3. The van der Waals surface area contributed by atoms with E-state index >= 15 is 0 Å². The summed E-state index contributed by atoms with van der Waals surface area (Å²) in [5.74, 6) is 0.901. The third kappa shape index (κ3) is 4.03. The van der Waals surface area contributed by atoms with Gasteiger partial charge < -0.3 is 5.11 Å². The lowest BCUT2D eigenvalue weighted by molar-refractivity contribution is 0.0620. The number of rotatable bonds is 6. The fourth-order valence-corrected chi connectivity index (χ4v) is 4.21. The molecule has 0 unspecified atom stereocenters. The predicted molar refractivity (Wildman–Crippen MR) is 81.6 cm³/mol. The predicted octanol–water partition coefficient (Wildman–Crippen LogP) is 4.35. The van der Waals surface area contributed by atoms with Crippen LogP contribution in [0.3, 0.4) is 0 Å². The lowest BCUT2D eigenvalue weighted by atomic mass is 9.68. The average molecular weight is 281 g/mol. The highest BCUT2D eigenvalue weighted by Crippen LogP contribution is 2.42. The van der Waals surface area contributed by atoms with Crippen LogP contribution in [0.25, 0.3) is 0 Å². The number of aryl methyl sites for hydroxylation is 1. The van der Waals surface area contributed by atoms with Gasteiger partial charge in [-0.25, -0.2) is 4.98 Å². The van der Waals surface area contributed by atoms with Crippen LogP contribution in [-0.4, -0.2) is 16.7 Å². The van der Waals surface area contributed by atoms with Crippen molar-refractivity contribution in [3.63, 3.8) is 0 Å². The van der Waals surface area contributed by atoms with Crippen LogP contribution in [0.4, 0.5) is 0 Å². The maximum atomic E-state index is 9.85. The Hall–Kier alpha value is -0.410. The Balaban J connectivity index is 1.90. The molecule has 2 nitrogen and oxygen atoms in total. The molecule has 0 aliphatic heterocycles. The fourth-order valence-electron chi connectivity index (χ4n) is 3.27. The highest BCUT2D eigenvalue weighted by Gasteiger charge is 2.35. The van der Waals surface area contributed by atoms with Gasteiger partial charge >= 0.3 is 0 Å². The summed E-state index contributed by atoms with van der Waals surface area (Å²) in [5, 5.41) is 13.2. The highest BCUT2D eigenvalue weighted by molar-refractivity contribution is 7.09. The number of aromatic nitrogens is 1. The van der Waals surface area contributed by atoms with E-state index in [2.05, 4.69) is 17.3 Å². The van der Waals surface area contributed by atoms with Gasteiger partial charge in [0.1, 0.15) is 0 Å². The van der Waals surface area contributed by atoms with E-state index in [1.54, 1.807) is 11.3 Å². The molecule has 0 bridgehead atoms. The summed E-state index contributed by atoms with van der Waals surface area (Å²) in [6, 6.07) is 0. The number of aliphatic hydroxyl groups excluding tert-OH is 1. The minimum atomic E-state index is 0.118. The van der Waals surface area contributed by atoms with E-state index < -0.39 is 0 Å². The van der Waals surface area contributed by atoms with Crippen LogP contribution >= 0.6 is 11.3 Å². The summed E-state index contributed by atoms with van der Waals surface area (Å²) >= 11 is 1.75. The first kappa shape index (κ1) is 15.0. The normalized spacial score (nSPS) is 27.6. The minimum absolute atomic E-state index is 0.118. The second-order valence-electron chi connectivity index (χ2n) is 6.30. The Kier molecular flexibility index (Phi) is 5.40. The van der Waals surface area contributed by atoms with Crippen molar-refractivity contribution in [2.24, 2.45) is 11.3 Å². The van der Waals surface area contributed by atoms with Gasteiger partial charge in [-0.2, -0.15) is 0 Å². The molecule has 0 saturated heterocycles. The molecule has 0 amide bonds. The molecule has 0 radical (unpaired) electrons. The molecule has 1 N–H and O–H groups in total. The summed E-state index contributed by atoms with van der Waals surface area (Å²) < 4.78 is 0. The Labute approximate surface area is 121 Å². The third-order valence-corrected chi connectivity index (χ3v) is 5.63. The van der Waals surface area contributed by atoms with Gasteiger partial charge in [0.15, 0.2) is 0 Å². The van der Waals surface area contributed by atoms with Crippen LogP contribution in [-0.2, 0) is 6.42 Å². The SMILES string of the molecule is CCCCC1CCC(CO)(Cc2nc(C)cs2)CC1. The summed E-state index contributed by atoms with van der Waals surface area (Å²) in [7, 11) is 0. The van der Waals surface area contributed by atoms with Crippen LogP contribution in [0.2, 0.25) is 0 Å². The maximum absolute atomic E-state index is 9.85. The summed E-state index contributed by atoms with van der Waals surface area (Å²) in [5.41, 5.74) is 1.23. The molecule has 19 heavy (non-hydrogen) atoms. The van der Waals surface area contributed by atoms with Crippen molar-refractivity contribution in [1.29, 1.82) is 0 Å². The molecule has 1 aromatic heterocycles. The largest absolute Gasteiger partial charge is 0.396 e. The number of hydrogen-bond acceptors (Lipinski definition) is 3. The zero-order valence-corrected chi connectivity index (χ0v) is 13.1. The van der Waals surface area contributed by atoms with E-state index in [0.717, 1.165) is 18.0 Å². The Morgan fingerprint density at radius 3 is 2.68 bits per heavy atom. The molecule has 0 aromatic carbocycles. The van der Waals surface area contributed by atoms with Gasteiger partial charge in [-0.3, -0.25) is 0 Å². The first-order chi connectivity index (χ1) is 9.17. The van der Waals surface area contributed by atoms with Crippen molar-refractivity contribution in [3.8, 4) is 0 Å². The first-order valence-electron chi connectivity index (χ1n) is 7.69. The minimum Gasteiger partial charge on any atom is -0.396 e. The Bertz CT molecular complexity index is 380. The molecule has 3 heteroatoms. The van der Waals surface area contributed by atoms with Crippen molar-refractivity contribution >= 4 is 11.3 Å². The lowest BCUT2D eigenvalue weighted by Gasteiger charge is -2.38. The second kappa shape index (κ2) is 6.85.